The molecule has 1 atom stereocenters. The van der Waals surface area contributed by atoms with Crippen LogP contribution in [0.1, 0.15) is 19.8 Å². The predicted molar refractivity (Wildman–Crippen MR) is 53.4 cm³/mol. The Morgan fingerprint density at radius 2 is 2.23 bits per heavy atom. The minimum Gasteiger partial charge on any atom is -0.369 e. The van der Waals surface area contributed by atoms with Gasteiger partial charge in [-0.2, -0.15) is 0 Å². The van der Waals surface area contributed by atoms with Crippen LogP contribution in [0.25, 0.3) is 0 Å². The minimum absolute atomic E-state index is 0.522. The van der Waals surface area contributed by atoms with E-state index in [9.17, 15) is 0 Å². The number of ether oxygens (including phenoxy) is 1. The molecular weight excluding hydrogens is 160 g/mol. The normalized spacial score (nSPS) is 27.5. The van der Waals surface area contributed by atoms with Crippen molar-refractivity contribution in [3.8, 4) is 0 Å². The Hall–Kier alpha value is -1.08. The lowest BCUT2D eigenvalue weighted by molar-refractivity contribution is 0.0721. The molecule has 0 aromatic heterocycles. The third-order valence-corrected chi connectivity index (χ3v) is 2.13. The number of rotatable bonds is 3. The van der Waals surface area contributed by atoms with Crippen molar-refractivity contribution in [1.29, 1.82) is 0 Å². The van der Waals surface area contributed by atoms with Gasteiger partial charge in [0.2, 0.25) is 0 Å². The highest BCUT2D eigenvalue weighted by molar-refractivity contribution is 5.13. The number of benzene rings is 1. The molecule has 1 aromatic carbocycles. The maximum atomic E-state index is 7.92. The fraction of sp³-hybridized carbons (Fsp3) is 0.333. The van der Waals surface area contributed by atoms with Crippen LogP contribution in [0.3, 0.4) is 0 Å². The number of hydrogen-bond donors (Lipinski definition) is 0. The number of hydrogen-bond acceptors (Lipinski definition) is 1. The molecule has 0 N–H and O–H groups in total. The molecule has 0 bridgehead atoms. The van der Waals surface area contributed by atoms with Crippen LogP contribution < -0.4 is 0 Å². The predicted octanol–water partition coefficient (Wildman–Crippen LogP) is 2.92. The summed E-state index contributed by atoms with van der Waals surface area (Å²) in [5.41, 5.74) is 1.12. The summed E-state index contributed by atoms with van der Waals surface area (Å²) < 4.78 is 13.5. The van der Waals surface area contributed by atoms with Crippen molar-refractivity contribution < 1.29 is 6.11 Å². The molecule has 0 heterocycles. The van der Waals surface area contributed by atoms with E-state index in [0.717, 1.165) is 18.4 Å². The first-order valence-corrected chi connectivity index (χ1v) is 4.64. The molecular formula is C12H14O. The van der Waals surface area contributed by atoms with Crippen LogP contribution in [-0.2, 0) is 11.3 Å². The van der Waals surface area contributed by atoms with E-state index in [-0.39, 0.29) is 0 Å². The highest BCUT2D eigenvalue weighted by Crippen LogP contribution is 2.14. The summed E-state index contributed by atoms with van der Waals surface area (Å²) in [6.45, 7) is 0.522. The maximum absolute atomic E-state index is 7.92. The van der Waals surface area contributed by atoms with Crippen LogP contribution in [0, 0.1) is 0 Å². The molecule has 1 unspecified atom stereocenters. The van der Waals surface area contributed by atoms with Crippen molar-refractivity contribution in [1.82, 2.24) is 0 Å². The second-order valence-corrected chi connectivity index (χ2v) is 3.18. The standard InChI is InChI=1S/C12H14O/c1-2-6-11(7-3-1)10-13-12-8-4-5-9-12/h1-4,6-8,12H,5,9-10H2/i12D. The third kappa shape index (κ3) is 2.43. The molecule has 68 valence electrons. The largest absolute Gasteiger partial charge is 0.369 e. The van der Waals surface area contributed by atoms with E-state index in [1.807, 2.05) is 42.5 Å². The molecule has 1 nitrogen and oxygen atoms in total. The lowest BCUT2D eigenvalue weighted by atomic mass is 10.2. The Bertz CT molecular complexity index is 320. The zero-order valence-electron chi connectivity index (χ0n) is 8.57. The molecule has 13 heavy (non-hydrogen) atoms. The molecule has 0 amide bonds. The average molecular weight is 175 g/mol. The van der Waals surface area contributed by atoms with Gasteiger partial charge in [-0.15, -0.1) is 0 Å². The Labute approximate surface area is 80.4 Å². The molecule has 0 spiro atoms. The Morgan fingerprint density at radius 1 is 1.38 bits per heavy atom. The molecule has 0 fully saturated rings. The Kier molecular flexibility index (Phi) is 2.39. The lowest BCUT2D eigenvalue weighted by Gasteiger charge is -2.09. The summed E-state index contributed by atoms with van der Waals surface area (Å²) in [5, 5.41) is 0. The van der Waals surface area contributed by atoms with Gasteiger partial charge < -0.3 is 4.74 Å². The first kappa shape index (κ1) is 7.34. The highest BCUT2D eigenvalue weighted by Gasteiger charge is 2.08. The van der Waals surface area contributed by atoms with Crippen LogP contribution in [0.2, 0.25) is 0 Å². The molecule has 2 rings (SSSR count). The summed E-state index contributed by atoms with van der Waals surface area (Å²) in [6.07, 6.45) is 4.81. The third-order valence-electron chi connectivity index (χ3n) is 2.13. The van der Waals surface area contributed by atoms with Gasteiger partial charge in [0.15, 0.2) is 0 Å². The summed E-state index contributed by atoms with van der Waals surface area (Å²) in [6, 6.07) is 9.99. The molecule has 1 heteroatoms. The van der Waals surface area contributed by atoms with Gasteiger partial charge in [0.1, 0.15) is 0 Å². The van der Waals surface area contributed by atoms with Crippen LogP contribution in [-0.4, -0.2) is 6.08 Å². The van der Waals surface area contributed by atoms with Gasteiger partial charge in [-0.3, -0.25) is 0 Å². The van der Waals surface area contributed by atoms with Crippen molar-refractivity contribution >= 4 is 0 Å². The van der Waals surface area contributed by atoms with E-state index in [2.05, 4.69) is 0 Å². The summed E-state index contributed by atoms with van der Waals surface area (Å²) >= 11 is 0. The van der Waals surface area contributed by atoms with E-state index in [0.29, 0.717) is 6.61 Å². The minimum atomic E-state index is -0.782. The van der Waals surface area contributed by atoms with E-state index >= 15 is 0 Å². The fourth-order valence-electron chi connectivity index (χ4n) is 1.39. The van der Waals surface area contributed by atoms with Crippen molar-refractivity contribution in [2.75, 3.05) is 0 Å². The lowest BCUT2D eigenvalue weighted by Crippen LogP contribution is -2.05. The van der Waals surface area contributed by atoms with Gasteiger partial charge in [0, 0.05) is 0 Å². The van der Waals surface area contributed by atoms with Crippen molar-refractivity contribution in [2.45, 2.75) is 25.5 Å². The molecule has 0 saturated carbocycles. The molecule has 1 aromatic rings. The summed E-state index contributed by atoms with van der Waals surface area (Å²) in [5.74, 6) is 0. The summed E-state index contributed by atoms with van der Waals surface area (Å²) in [7, 11) is 0. The zero-order chi connectivity index (χ0) is 9.86. The summed E-state index contributed by atoms with van der Waals surface area (Å²) in [4.78, 5) is 0. The highest BCUT2D eigenvalue weighted by atomic mass is 16.5. The van der Waals surface area contributed by atoms with Crippen LogP contribution in [0.15, 0.2) is 42.5 Å². The monoisotopic (exact) mass is 175 g/mol. The second-order valence-electron chi connectivity index (χ2n) is 3.18. The quantitative estimate of drug-likeness (QED) is 0.642. The molecule has 0 saturated heterocycles. The number of allylic oxidation sites excluding steroid dienone is 1. The zero-order valence-corrected chi connectivity index (χ0v) is 7.57. The maximum Gasteiger partial charge on any atom is 0.0763 e. The van der Waals surface area contributed by atoms with E-state index < -0.39 is 6.08 Å². The van der Waals surface area contributed by atoms with Crippen LogP contribution in [0.5, 0.6) is 0 Å². The van der Waals surface area contributed by atoms with Crippen LogP contribution >= 0.6 is 0 Å². The fourth-order valence-corrected chi connectivity index (χ4v) is 1.39. The van der Waals surface area contributed by atoms with Gasteiger partial charge in [-0.1, -0.05) is 42.5 Å². The van der Waals surface area contributed by atoms with Gasteiger partial charge in [-0.05, 0) is 18.4 Å². The molecule has 1 aliphatic rings. The second kappa shape index (κ2) is 4.24. The average Bonchev–Trinajstić information content (AvgIpc) is 2.65. The Balaban J connectivity index is 1.91. The first-order chi connectivity index (χ1) is 6.79. The Morgan fingerprint density at radius 3 is 2.92 bits per heavy atom. The van der Waals surface area contributed by atoms with Crippen molar-refractivity contribution in [3.05, 3.63) is 48.0 Å². The van der Waals surface area contributed by atoms with Gasteiger partial charge in [0.05, 0.1) is 14.1 Å². The van der Waals surface area contributed by atoms with Gasteiger partial charge in [-0.25, -0.2) is 0 Å². The van der Waals surface area contributed by atoms with E-state index in [1.54, 1.807) is 0 Å². The molecule has 0 radical (unpaired) electrons. The van der Waals surface area contributed by atoms with Crippen molar-refractivity contribution in [3.63, 3.8) is 0 Å². The topological polar surface area (TPSA) is 9.23 Å². The smallest absolute Gasteiger partial charge is 0.0763 e. The van der Waals surface area contributed by atoms with Crippen molar-refractivity contribution in [2.24, 2.45) is 0 Å². The van der Waals surface area contributed by atoms with E-state index in [4.69, 9.17) is 6.11 Å². The van der Waals surface area contributed by atoms with Crippen LogP contribution in [0.4, 0.5) is 0 Å². The first-order valence-electron chi connectivity index (χ1n) is 5.14. The SMILES string of the molecule is [2H]C1(OCc2ccccc2)C=CCC1. The van der Waals surface area contributed by atoms with E-state index in [1.165, 1.54) is 0 Å². The molecule has 1 aliphatic carbocycles. The molecule has 0 aliphatic heterocycles. The van der Waals surface area contributed by atoms with Gasteiger partial charge in [0.25, 0.3) is 0 Å². The van der Waals surface area contributed by atoms with Gasteiger partial charge >= 0.3 is 0 Å².